The predicted octanol–water partition coefficient (Wildman–Crippen LogP) is 8.48. The molecule has 0 aliphatic heterocycles. The van der Waals surface area contributed by atoms with Gasteiger partial charge in [0.25, 0.3) is 5.69 Å². The summed E-state index contributed by atoms with van der Waals surface area (Å²) in [6.07, 6.45) is 4.29. The first kappa shape index (κ1) is 29.4. The summed E-state index contributed by atoms with van der Waals surface area (Å²) in [4.78, 5) is 22.9. The maximum atomic E-state index is 13.3. The molecule has 36 heavy (non-hydrogen) atoms. The van der Waals surface area contributed by atoms with Gasteiger partial charge in [-0.3, -0.25) is 10.1 Å². The van der Waals surface area contributed by atoms with E-state index in [0.29, 0.717) is 18.4 Å². The van der Waals surface area contributed by atoms with Crippen LogP contribution in [0.4, 0.5) is 18.9 Å². The van der Waals surface area contributed by atoms with Crippen LogP contribution in [-0.2, 0) is 17.3 Å². The monoisotopic (exact) mass is 529 g/mol. The fraction of sp³-hybridized carbons (Fsp3) is 0.500. The molecule has 10 heteroatoms. The minimum Gasteiger partial charge on any atom is -0.461 e. The molecule has 0 radical (unpaired) electrons. The summed E-state index contributed by atoms with van der Waals surface area (Å²) >= 11 is 5.51. The van der Waals surface area contributed by atoms with E-state index in [1.807, 2.05) is 0 Å². The zero-order valence-corrected chi connectivity index (χ0v) is 21.0. The molecular weight excluding hydrogens is 499 g/mol. The highest BCUT2D eigenvalue weighted by atomic mass is 35.5. The van der Waals surface area contributed by atoms with Crippen molar-refractivity contribution in [3.63, 3.8) is 0 Å². The van der Waals surface area contributed by atoms with Crippen molar-refractivity contribution >= 4 is 23.3 Å². The number of rotatable bonds is 15. The summed E-state index contributed by atoms with van der Waals surface area (Å²) in [6.45, 7) is 2.02. The quantitative estimate of drug-likeness (QED) is 0.0759. The SMILES string of the molecule is CCCCCCCCCCc1cc(C(F)(F)F)ccc1Oc1ccc([N+](=O)[O-])c(C(=O)OCCCl)c1. The van der Waals surface area contributed by atoms with Crippen LogP contribution in [0.25, 0.3) is 0 Å². The van der Waals surface area contributed by atoms with Crippen molar-refractivity contribution < 1.29 is 32.4 Å². The van der Waals surface area contributed by atoms with Crippen LogP contribution in [0.1, 0.15) is 79.8 Å². The minimum atomic E-state index is -4.50. The summed E-state index contributed by atoms with van der Waals surface area (Å²) in [6, 6.07) is 6.75. The number of alkyl halides is 4. The Morgan fingerprint density at radius 1 is 1.00 bits per heavy atom. The topological polar surface area (TPSA) is 78.7 Å². The molecule has 0 bridgehead atoms. The summed E-state index contributed by atoms with van der Waals surface area (Å²) in [5.41, 5.74) is -1.22. The van der Waals surface area contributed by atoms with Gasteiger partial charge in [-0.1, -0.05) is 51.9 Å². The molecule has 2 aromatic carbocycles. The van der Waals surface area contributed by atoms with Crippen molar-refractivity contribution in [2.75, 3.05) is 12.5 Å². The Bertz CT molecular complexity index is 1010. The average molecular weight is 530 g/mol. The third kappa shape index (κ3) is 9.33. The normalized spacial score (nSPS) is 11.4. The van der Waals surface area contributed by atoms with Crippen LogP contribution in [0, 0.1) is 10.1 Å². The smallest absolute Gasteiger partial charge is 0.416 e. The van der Waals surface area contributed by atoms with E-state index in [9.17, 15) is 28.1 Å². The van der Waals surface area contributed by atoms with Gasteiger partial charge in [-0.25, -0.2) is 4.79 Å². The largest absolute Gasteiger partial charge is 0.461 e. The van der Waals surface area contributed by atoms with E-state index in [0.717, 1.165) is 49.9 Å². The lowest BCUT2D eigenvalue weighted by Gasteiger charge is -2.15. The number of hydrogen-bond acceptors (Lipinski definition) is 5. The van der Waals surface area contributed by atoms with Gasteiger partial charge in [-0.15, -0.1) is 11.6 Å². The molecule has 0 saturated heterocycles. The Morgan fingerprint density at radius 3 is 2.28 bits per heavy atom. The number of unbranched alkanes of at least 4 members (excludes halogenated alkanes) is 7. The highest BCUT2D eigenvalue weighted by Crippen LogP contribution is 2.36. The molecule has 0 aliphatic carbocycles. The molecule has 2 aromatic rings. The average Bonchev–Trinajstić information content (AvgIpc) is 2.84. The molecule has 2 rings (SSSR count). The van der Waals surface area contributed by atoms with Gasteiger partial charge in [-0.05, 0) is 42.7 Å². The molecule has 0 saturated carbocycles. The number of aryl methyl sites for hydroxylation is 1. The molecule has 0 fully saturated rings. The number of nitrogens with zero attached hydrogens (tertiary/aromatic N) is 1. The third-order valence-corrected chi connectivity index (χ3v) is 5.76. The van der Waals surface area contributed by atoms with Crippen LogP contribution in [0.15, 0.2) is 36.4 Å². The van der Waals surface area contributed by atoms with Crippen LogP contribution in [-0.4, -0.2) is 23.4 Å². The standard InChI is InChI=1S/C26H31ClF3NO5/c1-2-3-4-5-6-7-8-9-10-19-17-20(26(28,29)30)11-14-24(19)36-21-12-13-23(31(33)34)22(18-21)25(32)35-16-15-27/h11-14,17-18H,2-10,15-16H2,1H3. The number of carbonyl (C=O) groups is 1. The number of benzene rings is 2. The maximum absolute atomic E-state index is 13.3. The first-order valence-corrected chi connectivity index (χ1v) is 12.6. The van der Waals surface area contributed by atoms with E-state index in [4.69, 9.17) is 21.1 Å². The van der Waals surface area contributed by atoms with Crippen molar-refractivity contribution in [3.8, 4) is 11.5 Å². The molecule has 0 heterocycles. The van der Waals surface area contributed by atoms with E-state index in [2.05, 4.69) is 6.92 Å². The lowest BCUT2D eigenvalue weighted by atomic mass is 10.0. The number of halogens is 4. The molecular formula is C26H31ClF3NO5. The van der Waals surface area contributed by atoms with Gasteiger partial charge in [0.05, 0.1) is 16.4 Å². The highest BCUT2D eigenvalue weighted by molar-refractivity contribution is 6.18. The number of hydrogen-bond donors (Lipinski definition) is 0. The van der Waals surface area contributed by atoms with Crippen molar-refractivity contribution in [1.82, 2.24) is 0 Å². The molecule has 6 nitrogen and oxygen atoms in total. The Balaban J connectivity index is 2.20. The molecule has 0 aliphatic rings. The Hall–Kier alpha value is -2.81. The Labute approximate surface area is 213 Å². The maximum Gasteiger partial charge on any atom is 0.416 e. The number of carbonyl (C=O) groups excluding carboxylic acids is 1. The van der Waals surface area contributed by atoms with Crippen LogP contribution < -0.4 is 4.74 Å². The predicted molar refractivity (Wildman–Crippen MR) is 132 cm³/mol. The van der Waals surface area contributed by atoms with E-state index in [1.165, 1.54) is 31.4 Å². The second kappa shape index (κ2) is 14.7. The van der Waals surface area contributed by atoms with E-state index < -0.39 is 28.3 Å². The second-order valence-corrected chi connectivity index (χ2v) is 8.79. The summed E-state index contributed by atoms with van der Waals surface area (Å²) in [5, 5.41) is 11.3. The van der Waals surface area contributed by atoms with Gasteiger partial charge >= 0.3 is 12.1 Å². The molecule has 0 spiro atoms. The zero-order valence-electron chi connectivity index (χ0n) is 20.2. The van der Waals surface area contributed by atoms with E-state index in [1.54, 1.807) is 0 Å². The molecule has 0 N–H and O–H groups in total. The molecule has 0 aromatic heterocycles. The Kier molecular flexibility index (Phi) is 12.0. The first-order chi connectivity index (χ1) is 17.2. The van der Waals surface area contributed by atoms with Crippen molar-refractivity contribution in [1.29, 1.82) is 0 Å². The van der Waals surface area contributed by atoms with Crippen LogP contribution >= 0.6 is 11.6 Å². The van der Waals surface area contributed by atoms with Gasteiger partial charge in [0, 0.05) is 12.1 Å². The van der Waals surface area contributed by atoms with Crippen molar-refractivity contribution in [3.05, 3.63) is 63.2 Å². The fourth-order valence-corrected chi connectivity index (χ4v) is 3.81. The summed E-state index contributed by atoms with van der Waals surface area (Å²) in [7, 11) is 0. The summed E-state index contributed by atoms with van der Waals surface area (Å²) in [5.74, 6) is -0.668. The molecule has 198 valence electrons. The van der Waals surface area contributed by atoms with Crippen molar-refractivity contribution in [2.24, 2.45) is 0 Å². The van der Waals surface area contributed by atoms with E-state index >= 15 is 0 Å². The van der Waals surface area contributed by atoms with Gasteiger partial charge in [-0.2, -0.15) is 13.2 Å². The molecule has 0 amide bonds. The molecule has 0 unspecified atom stereocenters. The van der Waals surface area contributed by atoms with Gasteiger partial charge in [0.2, 0.25) is 0 Å². The molecule has 0 atom stereocenters. The van der Waals surface area contributed by atoms with Crippen molar-refractivity contribution in [2.45, 2.75) is 70.9 Å². The summed E-state index contributed by atoms with van der Waals surface area (Å²) < 4.78 is 50.7. The van der Waals surface area contributed by atoms with Crippen LogP contribution in [0.3, 0.4) is 0 Å². The van der Waals surface area contributed by atoms with Crippen LogP contribution in [0.2, 0.25) is 0 Å². The van der Waals surface area contributed by atoms with Gasteiger partial charge in [0.15, 0.2) is 0 Å². The number of ether oxygens (including phenoxy) is 2. The van der Waals surface area contributed by atoms with Crippen LogP contribution in [0.5, 0.6) is 11.5 Å². The lowest BCUT2D eigenvalue weighted by Crippen LogP contribution is -2.10. The number of nitro groups is 1. The van der Waals surface area contributed by atoms with E-state index in [-0.39, 0.29) is 29.5 Å². The first-order valence-electron chi connectivity index (χ1n) is 12.1. The Morgan fingerprint density at radius 2 is 1.67 bits per heavy atom. The van der Waals surface area contributed by atoms with Gasteiger partial charge < -0.3 is 9.47 Å². The highest BCUT2D eigenvalue weighted by Gasteiger charge is 2.31. The second-order valence-electron chi connectivity index (χ2n) is 8.41. The third-order valence-electron chi connectivity index (χ3n) is 5.61. The fourth-order valence-electron chi connectivity index (χ4n) is 3.74. The zero-order chi connectivity index (χ0) is 26.6. The van der Waals surface area contributed by atoms with Gasteiger partial charge in [0.1, 0.15) is 23.7 Å². The minimum absolute atomic E-state index is 0.0172. The number of esters is 1. The number of nitro benzene ring substituents is 1. The lowest BCUT2D eigenvalue weighted by molar-refractivity contribution is -0.385.